The molecule has 1 N–H and O–H groups in total. The van der Waals surface area contributed by atoms with Crippen molar-refractivity contribution in [3.8, 4) is 5.88 Å². The quantitative estimate of drug-likeness (QED) is 0.659. The first-order valence-corrected chi connectivity index (χ1v) is 6.63. The zero-order valence-electron chi connectivity index (χ0n) is 12.9. The SMILES string of the molecule is CCOc1nc(C(C)(C)C)nc(NC(C)C)c1[N+](=O)[O-]. The van der Waals surface area contributed by atoms with Crippen LogP contribution in [-0.2, 0) is 5.41 Å². The van der Waals surface area contributed by atoms with E-state index in [1.165, 1.54) is 0 Å². The summed E-state index contributed by atoms with van der Waals surface area (Å²) in [7, 11) is 0. The first kappa shape index (κ1) is 16.1. The molecule has 1 aromatic heterocycles. The van der Waals surface area contributed by atoms with E-state index in [4.69, 9.17) is 4.74 Å². The number of nitro groups is 1. The number of hydrogen-bond acceptors (Lipinski definition) is 6. The summed E-state index contributed by atoms with van der Waals surface area (Å²) in [5.41, 5.74) is -0.539. The first-order valence-electron chi connectivity index (χ1n) is 6.63. The van der Waals surface area contributed by atoms with Crippen LogP contribution in [-0.4, -0.2) is 27.5 Å². The van der Waals surface area contributed by atoms with Gasteiger partial charge in [0.1, 0.15) is 5.82 Å². The second-order valence-corrected chi connectivity index (χ2v) is 5.79. The van der Waals surface area contributed by atoms with Crippen LogP contribution in [0.3, 0.4) is 0 Å². The maximum Gasteiger partial charge on any atom is 0.372 e. The number of aromatic nitrogens is 2. The molecule has 0 unspecified atom stereocenters. The molecule has 0 radical (unpaired) electrons. The Morgan fingerprint density at radius 3 is 2.35 bits per heavy atom. The summed E-state index contributed by atoms with van der Waals surface area (Å²) in [6.45, 7) is 11.7. The van der Waals surface area contributed by atoms with E-state index in [1.807, 2.05) is 34.6 Å². The molecule has 0 amide bonds. The van der Waals surface area contributed by atoms with E-state index in [-0.39, 0.29) is 28.8 Å². The lowest BCUT2D eigenvalue weighted by molar-refractivity contribution is -0.385. The average Bonchev–Trinajstić information content (AvgIpc) is 2.26. The van der Waals surface area contributed by atoms with Gasteiger partial charge in [-0.3, -0.25) is 10.1 Å². The molecule has 0 aliphatic carbocycles. The van der Waals surface area contributed by atoms with Gasteiger partial charge in [-0.2, -0.15) is 4.98 Å². The second kappa shape index (κ2) is 6.02. The van der Waals surface area contributed by atoms with E-state index in [2.05, 4.69) is 15.3 Å². The maximum absolute atomic E-state index is 11.3. The summed E-state index contributed by atoms with van der Waals surface area (Å²) in [4.78, 5) is 19.3. The molecule has 0 saturated heterocycles. The van der Waals surface area contributed by atoms with Gasteiger partial charge in [0, 0.05) is 11.5 Å². The summed E-state index contributed by atoms with van der Waals surface area (Å²) in [5.74, 6) is 0.726. The van der Waals surface area contributed by atoms with Crippen molar-refractivity contribution in [2.45, 2.75) is 53.0 Å². The van der Waals surface area contributed by atoms with Gasteiger partial charge in [0.2, 0.25) is 5.82 Å². The Hall–Kier alpha value is -1.92. The van der Waals surface area contributed by atoms with Gasteiger partial charge in [-0.25, -0.2) is 4.98 Å². The topological polar surface area (TPSA) is 90.2 Å². The Bertz CT molecular complexity index is 495. The lowest BCUT2D eigenvalue weighted by Gasteiger charge is -2.19. The molecule has 1 aromatic rings. The van der Waals surface area contributed by atoms with Gasteiger partial charge in [-0.05, 0) is 20.8 Å². The highest BCUT2D eigenvalue weighted by atomic mass is 16.6. The van der Waals surface area contributed by atoms with E-state index in [1.54, 1.807) is 6.92 Å². The van der Waals surface area contributed by atoms with Crippen molar-refractivity contribution in [2.75, 3.05) is 11.9 Å². The van der Waals surface area contributed by atoms with Crippen LogP contribution in [0.15, 0.2) is 0 Å². The van der Waals surface area contributed by atoms with Gasteiger partial charge < -0.3 is 10.1 Å². The summed E-state index contributed by atoms with van der Waals surface area (Å²) in [6.07, 6.45) is 0. The number of anilines is 1. The Labute approximate surface area is 118 Å². The number of ether oxygens (including phenoxy) is 1. The van der Waals surface area contributed by atoms with E-state index in [0.717, 1.165) is 0 Å². The predicted octanol–water partition coefficient (Wildman–Crippen LogP) is 2.90. The highest BCUT2D eigenvalue weighted by Gasteiger charge is 2.30. The van der Waals surface area contributed by atoms with Gasteiger partial charge in [-0.15, -0.1) is 0 Å². The fourth-order valence-electron chi connectivity index (χ4n) is 1.55. The number of nitrogens with zero attached hydrogens (tertiary/aromatic N) is 3. The lowest BCUT2D eigenvalue weighted by atomic mass is 9.95. The molecule has 1 heterocycles. The van der Waals surface area contributed by atoms with Crippen LogP contribution in [0.5, 0.6) is 5.88 Å². The molecule has 7 heteroatoms. The fourth-order valence-corrected chi connectivity index (χ4v) is 1.55. The number of nitrogens with one attached hydrogen (secondary N) is 1. The fraction of sp³-hybridized carbons (Fsp3) is 0.692. The van der Waals surface area contributed by atoms with Gasteiger partial charge in [-0.1, -0.05) is 20.8 Å². The van der Waals surface area contributed by atoms with E-state index in [9.17, 15) is 10.1 Å². The molecule has 0 fully saturated rings. The summed E-state index contributed by atoms with van der Waals surface area (Å²) >= 11 is 0. The molecule has 1 rings (SSSR count). The van der Waals surface area contributed by atoms with Crippen molar-refractivity contribution >= 4 is 11.5 Å². The summed E-state index contributed by atoms with van der Waals surface area (Å²) in [6, 6.07) is 0.0193. The smallest absolute Gasteiger partial charge is 0.372 e. The monoisotopic (exact) mass is 282 g/mol. The minimum absolute atomic E-state index is 0.0144. The molecule has 0 aliphatic heterocycles. The maximum atomic E-state index is 11.3. The van der Waals surface area contributed by atoms with Crippen molar-refractivity contribution in [2.24, 2.45) is 0 Å². The molecular weight excluding hydrogens is 260 g/mol. The third-order valence-corrected chi connectivity index (χ3v) is 2.41. The highest BCUT2D eigenvalue weighted by Crippen LogP contribution is 2.34. The zero-order valence-corrected chi connectivity index (χ0v) is 12.9. The Kier molecular flexibility index (Phi) is 4.86. The largest absolute Gasteiger partial charge is 0.473 e. The second-order valence-electron chi connectivity index (χ2n) is 5.79. The van der Waals surface area contributed by atoms with Crippen molar-refractivity contribution in [1.29, 1.82) is 0 Å². The Morgan fingerprint density at radius 1 is 1.35 bits per heavy atom. The average molecular weight is 282 g/mol. The molecule has 0 bridgehead atoms. The zero-order chi connectivity index (χ0) is 15.5. The van der Waals surface area contributed by atoms with E-state index in [0.29, 0.717) is 12.4 Å². The van der Waals surface area contributed by atoms with Crippen molar-refractivity contribution < 1.29 is 9.66 Å². The third kappa shape index (κ3) is 3.79. The predicted molar refractivity (Wildman–Crippen MR) is 77.3 cm³/mol. The van der Waals surface area contributed by atoms with Crippen LogP contribution >= 0.6 is 0 Å². The highest BCUT2D eigenvalue weighted by molar-refractivity contribution is 5.62. The standard InChI is InChI=1S/C13H22N4O3/c1-7-20-11-9(17(18)19)10(14-8(2)3)15-12(16-11)13(4,5)6/h8H,7H2,1-6H3,(H,14,15,16). The van der Waals surface area contributed by atoms with Gasteiger partial charge in [0.25, 0.3) is 5.88 Å². The van der Waals surface area contributed by atoms with Crippen LogP contribution in [0.2, 0.25) is 0 Å². The molecule has 20 heavy (non-hydrogen) atoms. The van der Waals surface area contributed by atoms with Crippen LogP contribution in [0, 0.1) is 10.1 Å². The number of hydrogen-bond donors (Lipinski definition) is 1. The lowest BCUT2D eigenvalue weighted by Crippen LogP contribution is -2.21. The molecule has 112 valence electrons. The van der Waals surface area contributed by atoms with Crippen LogP contribution in [0.25, 0.3) is 0 Å². The van der Waals surface area contributed by atoms with Gasteiger partial charge in [0.05, 0.1) is 11.5 Å². The number of rotatable bonds is 5. The van der Waals surface area contributed by atoms with Gasteiger partial charge >= 0.3 is 5.69 Å². The molecule has 0 aromatic carbocycles. The van der Waals surface area contributed by atoms with E-state index >= 15 is 0 Å². The van der Waals surface area contributed by atoms with Crippen LogP contribution in [0.1, 0.15) is 47.4 Å². The summed E-state index contributed by atoms with van der Waals surface area (Å²) < 4.78 is 5.32. The Morgan fingerprint density at radius 2 is 1.95 bits per heavy atom. The molecule has 7 nitrogen and oxygen atoms in total. The minimum atomic E-state index is -0.512. The molecule has 0 atom stereocenters. The Balaban J connectivity index is 3.50. The van der Waals surface area contributed by atoms with Crippen LogP contribution < -0.4 is 10.1 Å². The third-order valence-electron chi connectivity index (χ3n) is 2.41. The van der Waals surface area contributed by atoms with Gasteiger partial charge in [0.15, 0.2) is 0 Å². The minimum Gasteiger partial charge on any atom is -0.473 e. The summed E-state index contributed by atoms with van der Waals surface area (Å²) in [5, 5.41) is 14.3. The first-order chi connectivity index (χ1) is 9.16. The molecule has 0 aliphatic rings. The normalized spacial score (nSPS) is 11.6. The van der Waals surface area contributed by atoms with Crippen molar-refractivity contribution in [1.82, 2.24) is 9.97 Å². The molecule has 0 spiro atoms. The van der Waals surface area contributed by atoms with Crippen molar-refractivity contribution in [3.05, 3.63) is 15.9 Å². The van der Waals surface area contributed by atoms with Crippen molar-refractivity contribution in [3.63, 3.8) is 0 Å². The van der Waals surface area contributed by atoms with Crippen LogP contribution in [0.4, 0.5) is 11.5 Å². The molecular formula is C13H22N4O3. The molecule has 0 saturated carbocycles. The van der Waals surface area contributed by atoms with E-state index < -0.39 is 4.92 Å².